The van der Waals surface area contributed by atoms with Gasteiger partial charge in [-0.3, -0.25) is 4.68 Å². The second kappa shape index (κ2) is 8.09. The second-order valence-electron chi connectivity index (χ2n) is 6.78. The maximum Gasteiger partial charge on any atom is 0.122 e. The zero-order valence-electron chi connectivity index (χ0n) is 15.6. The van der Waals surface area contributed by atoms with Gasteiger partial charge in [0.1, 0.15) is 5.75 Å². The number of rotatable bonds is 7. The molecule has 0 unspecified atom stereocenters. The number of hydrogen-bond donors (Lipinski definition) is 0. The van der Waals surface area contributed by atoms with Crippen LogP contribution in [0.5, 0.6) is 5.75 Å². The minimum Gasteiger partial charge on any atom is -0.493 e. The van der Waals surface area contributed by atoms with Crippen molar-refractivity contribution in [3.63, 3.8) is 0 Å². The zero-order chi connectivity index (χ0) is 18.5. The van der Waals surface area contributed by atoms with Crippen LogP contribution < -0.4 is 4.74 Å². The monoisotopic (exact) mass is 356 g/mol. The minimum absolute atomic E-state index is 0.677. The summed E-state index contributed by atoms with van der Waals surface area (Å²) in [6, 6.07) is 23.5. The van der Waals surface area contributed by atoms with Crippen LogP contribution in [0.25, 0.3) is 10.8 Å². The fourth-order valence-corrected chi connectivity index (χ4v) is 3.38. The van der Waals surface area contributed by atoms with E-state index in [1.54, 1.807) is 6.20 Å². The van der Waals surface area contributed by atoms with Gasteiger partial charge in [-0.15, -0.1) is 0 Å². The lowest BCUT2D eigenvalue weighted by Gasteiger charge is -2.13. The molecule has 0 spiro atoms. The zero-order valence-corrected chi connectivity index (χ0v) is 15.6. The van der Waals surface area contributed by atoms with Gasteiger partial charge >= 0.3 is 0 Å². The molecule has 0 saturated heterocycles. The van der Waals surface area contributed by atoms with Crippen molar-refractivity contribution in [3.8, 4) is 5.75 Å². The summed E-state index contributed by atoms with van der Waals surface area (Å²) < 4.78 is 8.10. The predicted molar refractivity (Wildman–Crippen MR) is 110 cm³/mol. The third-order valence-corrected chi connectivity index (χ3v) is 4.88. The fourth-order valence-electron chi connectivity index (χ4n) is 3.38. The summed E-state index contributed by atoms with van der Waals surface area (Å²) in [5, 5.41) is 6.85. The van der Waals surface area contributed by atoms with E-state index >= 15 is 0 Å². The summed E-state index contributed by atoms with van der Waals surface area (Å²) in [7, 11) is 0. The Balaban J connectivity index is 1.44. The van der Waals surface area contributed by atoms with Gasteiger partial charge in [0.15, 0.2) is 0 Å². The van der Waals surface area contributed by atoms with E-state index in [2.05, 4.69) is 72.7 Å². The highest BCUT2D eigenvalue weighted by Crippen LogP contribution is 2.22. The van der Waals surface area contributed by atoms with Gasteiger partial charge in [0.25, 0.3) is 0 Å². The third kappa shape index (κ3) is 4.20. The van der Waals surface area contributed by atoms with Gasteiger partial charge in [-0.2, -0.15) is 5.10 Å². The molecule has 4 aromatic rings. The molecule has 3 aromatic carbocycles. The van der Waals surface area contributed by atoms with Crippen LogP contribution in [0.4, 0.5) is 0 Å². The highest BCUT2D eigenvalue weighted by Gasteiger charge is 2.06. The maximum atomic E-state index is 6.17. The van der Waals surface area contributed by atoms with Crippen molar-refractivity contribution in [1.82, 2.24) is 9.78 Å². The van der Waals surface area contributed by atoms with E-state index in [-0.39, 0.29) is 0 Å². The standard InChI is InChI=1S/C24H24N2O/c1-2-21-10-9-20(18-26-14-5-13-25-26)17-24(21)27-15-12-19-8-11-22-6-3-4-7-23(22)16-19/h3-11,13-14,16-17H,2,12,15,18H2,1H3. The molecule has 3 nitrogen and oxygen atoms in total. The lowest BCUT2D eigenvalue weighted by Crippen LogP contribution is -2.05. The molecule has 1 aromatic heterocycles. The van der Waals surface area contributed by atoms with Crippen molar-refractivity contribution in [2.24, 2.45) is 0 Å². The quantitative estimate of drug-likeness (QED) is 0.451. The lowest BCUT2D eigenvalue weighted by molar-refractivity contribution is 0.318. The second-order valence-corrected chi connectivity index (χ2v) is 6.78. The van der Waals surface area contributed by atoms with Crippen molar-refractivity contribution >= 4 is 10.8 Å². The number of nitrogens with zero attached hydrogens (tertiary/aromatic N) is 2. The minimum atomic E-state index is 0.677. The summed E-state index contributed by atoms with van der Waals surface area (Å²) >= 11 is 0. The summed E-state index contributed by atoms with van der Waals surface area (Å²) in [6.45, 7) is 3.60. The van der Waals surface area contributed by atoms with E-state index in [4.69, 9.17) is 4.74 Å². The van der Waals surface area contributed by atoms with Gasteiger partial charge in [-0.1, -0.05) is 61.5 Å². The molecule has 0 bridgehead atoms. The van der Waals surface area contributed by atoms with Gasteiger partial charge in [0.2, 0.25) is 0 Å². The average Bonchev–Trinajstić information content (AvgIpc) is 3.21. The average molecular weight is 356 g/mol. The molecule has 3 heteroatoms. The van der Waals surface area contributed by atoms with Gasteiger partial charge in [0.05, 0.1) is 13.2 Å². The Morgan fingerprint density at radius 1 is 0.889 bits per heavy atom. The number of aromatic nitrogens is 2. The van der Waals surface area contributed by atoms with Crippen molar-refractivity contribution in [1.29, 1.82) is 0 Å². The van der Waals surface area contributed by atoms with Crippen LogP contribution in [0.15, 0.2) is 79.1 Å². The number of hydrogen-bond acceptors (Lipinski definition) is 2. The molecular formula is C24H24N2O. The van der Waals surface area contributed by atoms with Gasteiger partial charge in [-0.25, -0.2) is 0 Å². The van der Waals surface area contributed by atoms with Gasteiger partial charge < -0.3 is 4.74 Å². The maximum absolute atomic E-state index is 6.17. The molecule has 0 aliphatic heterocycles. The molecule has 0 atom stereocenters. The molecule has 1 heterocycles. The Kier molecular flexibility index (Phi) is 5.20. The highest BCUT2D eigenvalue weighted by molar-refractivity contribution is 5.82. The third-order valence-electron chi connectivity index (χ3n) is 4.88. The molecule has 4 rings (SSSR count). The molecule has 0 amide bonds. The van der Waals surface area contributed by atoms with E-state index in [9.17, 15) is 0 Å². The normalized spacial score (nSPS) is 11.0. The van der Waals surface area contributed by atoms with E-state index in [0.717, 1.165) is 25.1 Å². The smallest absolute Gasteiger partial charge is 0.122 e. The summed E-state index contributed by atoms with van der Waals surface area (Å²) in [5.74, 6) is 0.989. The van der Waals surface area contributed by atoms with Crippen LogP contribution in [-0.2, 0) is 19.4 Å². The van der Waals surface area contributed by atoms with Crippen LogP contribution in [0, 0.1) is 0 Å². The van der Waals surface area contributed by atoms with Crippen molar-refractivity contribution < 1.29 is 4.74 Å². The molecular weight excluding hydrogens is 332 g/mol. The molecule has 0 fully saturated rings. The first-order valence-corrected chi connectivity index (χ1v) is 9.51. The van der Waals surface area contributed by atoms with E-state index in [0.29, 0.717) is 6.61 Å². The van der Waals surface area contributed by atoms with Crippen LogP contribution in [0.3, 0.4) is 0 Å². The van der Waals surface area contributed by atoms with Crippen molar-refractivity contribution in [2.45, 2.75) is 26.3 Å². The fraction of sp³-hybridized carbons (Fsp3) is 0.208. The Morgan fingerprint density at radius 3 is 2.56 bits per heavy atom. The Labute approximate surface area is 160 Å². The molecule has 0 aliphatic carbocycles. The molecule has 0 N–H and O–H groups in total. The predicted octanol–water partition coefficient (Wildman–Crippen LogP) is 5.27. The van der Waals surface area contributed by atoms with Crippen molar-refractivity contribution in [2.75, 3.05) is 6.61 Å². The summed E-state index contributed by atoms with van der Waals surface area (Å²) in [6.07, 6.45) is 5.65. The van der Waals surface area contributed by atoms with Crippen LogP contribution >= 0.6 is 0 Å². The topological polar surface area (TPSA) is 27.1 Å². The highest BCUT2D eigenvalue weighted by atomic mass is 16.5. The number of benzene rings is 3. The molecule has 0 saturated carbocycles. The van der Waals surface area contributed by atoms with Crippen LogP contribution in [0.1, 0.15) is 23.6 Å². The molecule has 136 valence electrons. The van der Waals surface area contributed by atoms with Crippen LogP contribution in [0.2, 0.25) is 0 Å². The Hall–Kier alpha value is -3.07. The van der Waals surface area contributed by atoms with Gasteiger partial charge in [-0.05, 0) is 46.0 Å². The Morgan fingerprint density at radius 2 is 1.74 bits per heavy atom. The Bertz CT molecular complexity index is 1020. The van der Waals surface area contributed by atoms with E-state index in [1.807, 2.05) is 16.9 Å². The first kappa shape index (κ1) is 17.3. The number of fused-ring (bicyclic) bond motifs is 1. The number of ether oxygens (including phenoxy) is 1. The molecule has 0 aliphatic rings. The SMILES string of the molecule is CCc1ccc(Cn2cccn2)cc1OCCc1ccc2ccccc2c1. The summed E-state index contributed by atoms with van der Waals surface area (Å²) in [4.78, 5) is 0. The van der Waals surface area contributed by atoms with Crippen molar-refractivity contribution in [3.05, 3.63) is 95.8 Å². The first-order valence-electron chi connectivity index (χ1n) is 9.51. The van der Waals surface area contributed by atoms with Gasteiger partial charge in [0, 0.05) is 18.8 Å². The number of aryl methyl sites for hydroxylation is 1. The summed E-state index contributed by atoms with van der Waals surface area (Å²) in [5.41, 5.74) is 3.76. The van der Waals surface area contributed by atoms with E-state index < -0.39 is 0 Å². The first-order chi connectivity index (χ1) is 13.3. The largest absolute Gasteiger partial charge is 0.493 e. The molecule has 27 heavy (non-hydrogen) atoms. The molecule has 0 radical (unpaired) electrons. The van der Waals surface area contributed by atoms with E-state index in [1.165, 1.54) is 27.5 Å². The lowest BCUT2D eigenvalue weighted by atomic mass is 10.1. The van der Waals surface area contributed by atoms with Crippen LogP contribution in [-0.4, -0.2) is 16.4 Å².